The van der Waals surface area contributed by atoms with Crippen molar-refractivity contribution in [2.45, 2.75) is 31.6 Å². The van der Waals surface area contributed by atoms with Crippen LogP contribution in [-0.2, 0) is 25.5 Å². The molecule has 0 saturated carbocycles. The molecule has 0 spiro atoms. The first kappa shape index (κ1) is 22.2. The van der Waals surface area contributed by atoms with Gasteiger partial charge >= 0.3 is 18.1 Å². The van der Waals surface area contributed by atoms with Gasteiger partial charge in [-0.05, 0) is 5.56 Å². The van der Waals surface area contributed by atoms with Gasteiger partial charge in [0.15, 0.2) is 0 Å². The molecule has 2 N–H and O–H groups in total. The fourth-order valence-electron chi connectivity index (χ4n) is 2.22. The van der Waals surface area contributed by atoms with Crippen molar-refractivity contribution in [3.05, 3.63) is 48.6 Å². The van der Waals surface area contributed by atoms with E-state index in [1.165, 1.54) is 6.08 Å². The summed E-state index contributed by atoms with van der Waals surface area (Å²) < 4.78 is 42.4. The normalized spacial score (nSPS) is 14.4. The van der Waals surface area contributed by atoms with E-state index in [1.54, 1.807) is 42.6 Å². The van der Waals surface area contributed by atoms with Crippen LogP contribution in [0.25, 0.3) is 0 Å². The lowest BCUT2D eigenvalue weighted by molar-refractivity contribution is -0.174. The van der Waals surface area contributed by atoms with Crippen LogP contribution in [0.5, 0.6) is 0 Å². The Morgan fingerprint density at radius 3 is 2.26 bits per heavy atom. The smallest absolute Gasteiger partial charge is 0.467 e. The van der Waals surface area contributed by atoms with Gasteiger partial charge in [-0.15, -0.1) is 6.58 Å². The molecule has 9 heteroatoms. The highest BCUT2D eigenvalue weighted by Crippen LogP contribution is 2.16. The van der Waals surface area contributed by atoms with Crippen molar-refractivity contribution in [3.8, 4) is 0 Å². The minimum Gasteiger partial charge on any atom is -0.467 e. The highest BCUT2D eigenvalue weighted by Gasteiger charge is 2.41. The van der Waals surface area contributed by atoms with E-state index >= 15 is 0 Å². The van der Waals surface area contributed by atoms with Crippen LogP contribution in [-0.4, -0.2) is 43.2 Å². The molecule has 0 radical (unpaired) electrons. The van der Waals surface area contributed by atoms with Gasteiger partial charge in [0.1, 0.15) is 12.1 Å². The predicted octanol–water partition coefficient (Wildman–Crippen LogP) is 1.76. The lowest BCUT2D eigenvalue weighted by atomic mass is 10.0. The number of methoxy groups -OCH3 is 1. The molecule has 1 rings (SSSR count). The highest BCUT2D eigenvalue weighted by atomic mass is 19.4. The molecule has 0 saturated heterocycles. The summed E-state index contributed by atoms with van der Waals surface area (Å²) in [7, 11) is 1.12. The molecule has 0 unspecified atom stereocenters. The first-order valence-corrected chi connectivity index (χ1v) is 8.02. The molecule has 0 bridgehead atoms. The van der Waals surface area contributed by atoms with Gasteiger partial charge in [0.05, 0.1) is 7.11 Å². The van der Waals surface area contributed by atoms with Gasteiger partial charge in [-0.25, -0.2) is 4.79 Å². The first-order valence-electron chi connectivity index (χ1n) is 8.02. The molecule has 1 aromatic carbocycles. The number of carbonyl (C=O) groups excluding carboxylic acids is 3. The lowest BCUT2D eigenvalue weighted by Gasteiger charge is -2.25. The second-order valence-corrected chi connectivity index (χ2v) is 5.82. The van der Waals surface area contributed by atoms with Crippen LogP contribution in [0, 0.1) is 5.92 Å². The summed E-state index contributed by atoms with van der Waals surface area (Å²) in [5, 5.41) is 4.00. The zero-order valence-corrected chi connectivity index (χ0v) is 14.9. The minimum absolute atomic E-state index is 0.190. The molecular weight excluding hydrogens is 365 g/mol. The fraction of sp³-hybridized carbons (Fsp3) is 0.389. The monoisotopic (exact) mass is 386 g/mol. The minimum atomic E-state index is -5.15. The summed E-state index contributed by atoms with van der Waals surface area (Å²) in [6.45, 7) is 5.10. The Kier molecular flexibility index (Phi) is 8.01. The van der Waals surface area contributed by atoms with Gasteiger partial charge in [0, 0.05) is 12.3 Å². The molecule has 148 valence electrons. The van der Waals surface area contributed by atoms with Crippen molar-refractivity contribution in [2.24, 2.45) is 5.92 Å². The first-order chi connectivity index (χ1) is 12.6. The number of halogens is 3. The quantitative estimate of drug-likeness (QED) is 0.527. The summed E-state index contributed by atoms with van der Waals surface area (Å²) in [4.78, 5) is 35.7. The Labute approximate surface area is 154 Å². The number of ether oxygens (including phenoxy) is 1. The van der Waals surface area contributed by atoms with Crippen LogP contribution in [0.15, 0.2) is 43.0 Å². The highest BCUT2D eigenvalue weighted by molar-refractivity contribution is 5.92. The molecule has 0 fully saturated rings. The number of amides is 2. The van der Waals surface area contributed by atoms with Crippen molar-refractivity contribution in [1.82, 2.24) is 10.6 Å². The Morgan fingerprint density at radius 1 is 1.19 bits per heavy atom. The van der Waals surface area contributed by atoms with E-state index in [-0.39, 0.29) is 6.42 Å². The second kappa shape index (κ2) is 9.75. The third-order valence-corrected chi connectivity index (χ3v) is 3.81. The SMILES string of the molecule is C=C[C@@H](C)[C@H](NC(=O)[C@H](Cc1ccccc1)NC(=O)C(F)(F)F)C(=O)OC. The van der Waals surface area contributed by atoms with Gasteiger partial charge < -0.3 is 15.4 Å². The summed E-state index contributed by atoms with van der Waals surface area (Å²) in [5.74, 6) is -4.51. The van der Waals surface area contributed by atoms with Crippen molar-refractivity contribution in [1.29, 1.82) is 0 Å². The molecule has 6 nitrogen and oxygen atoms in total. The van der Waals surface area contributed by atoms with Gasteiger partial charge in [0.2, 0.25) is 5.91 Å². The summed E-state index contributed by atoms with van der Waals surface area (Å²) in [6, 6.07) is 5.51. The van der Waals surface area contributed by atoms with Crippen LogP contribution in [0.1, 0.15) is 12.5 Å². The van der Waals surface area contributed by atoms with Gasteiger partial charge in [-0.1, -0.05) is 43.3 Å². The Morgan fingerprint density at radius 2 is 1.78 bits per heavy atom. The number of benzene rings is 1. The number of rotatable bonds is 8. The van der Waals surface area contributed by atoms with Gasteiger partial charge in [-0.2, -0.15) is 13.2 Å². The third-order valence-electron chi connectivity index (χ3n) is 3.81. The van der Waals surface area contributed by atoms with Crippen molar-refractivity contribution >= 4 is 17.8 Å². The molecule has 0 aliphatic carbocycles. The van der Waals surface area contributed by atoms with Crippen molar-refractivity contribution < 1.29 is 32.3 Å². The van der Waals surface area contributed by atoms with E-state index in [0.29, 0.717) is 5.56 Å². The van der Waals surface area contributed by atoms with Crippen LogP contribution >= 0.6 is 0 Å². The van der Waals surface area contributed by atoms with E-state index < -0.39 is 42.0 Å². The maximum atomic E-state index is 12.6. The number of carbonyl (C=O) groups is 3. The zero-order chi connectivity index (χ0) is 20.6. The number of esters is 1. The third kappa shape index (κ3) is 6.76. The Bertz CT molecular complexity index is 677. The molecule has 3 atom stereocenters. The van der Waals surface area contributed by atoms with Gasteiger partial charge in [0.25, 0.3) is 0 Å². The molecule has 0 aromatic heterocycles. The topological polar surface area (TPSA) is 84.5 Å². The van der Waals surface area contributed by atoms with Gasteiger partial charge in [-0.3, -0.25) is 9.59 Å². The van der Waals surface area contributed by atoms with Crippen molar-refractivity contribution in [3.63, 3.8) is 0 Å². The Balaban J connectivity index is 3.04. The van der Waals surface area contributed by atoms with E-state index in [1.807, 2.05) is 0 Å². The molecular formula is C18H21F3N2O4. The van der Waals surface area contributed by atoms with Crippen LogP contribution in [0.4, 0.5) is 13.2 Å². The second-order valence-electron chi connectivity index (χ2n) is 5.82. The largest absolute Gasteiger partial charge is 0.471 e. The fourth-order valence-corrected chi connectivity index (χ4v) is 2.22. The summed E-state index contributed by atoms with van der Waals surface area (Å²) in [5.41, 5.74) is 0.534. The Hall–Kier alpha value is -2.84. The average molecular weight is 386 g/mol. The number of hydrogen-bond donors (Lipinski definition) is 2. The zero-order valence-electron chi connectivity index (χ0n) is 14.9. The van der Waals surface area contributed by atoms with Crippen LogP contribution in [0.2, 0.25) is 0 Å². The number of hydrogen-bond acceptors (Lipinski definition) is 4. The molecule has 0 heterocycles. The standard InChI is InChI=1S/C18H21F3N2O4/c1-4-11(2)14(16(25)27-3)23-15(24)13(22-17(26)18(19,20)21)10-12-8-6-5-7-9-12/h4-9,11,13-14H,1,10H2,2-3H3,(H,22,26)(H,23,24)/t11-,13+,14+/m1/s1. The molecule has 27 heavy (non-hydrogen) atoms. The molecule has 2 amide bonds. The molecule has 1 aromatic rings. The van der Waals surface area contributed by atoms with Crippen LogP contribution < -0.4 is 10.6 Å². The van der Waals surface area contributed by atoms with Crippen LogP contribution in [0.3, 0.4) is 0 Å². The number of nitrogens with one attached hydrogen (secondary N) is 2. The lowest BCUT2D eigenvalue weighted by Crippen LogP contribution is -2.56. The van der Waals surface area contributed by atoms with E-state index in [2.05, 4.69) is 16.6 Å². The van der Waals surface area contributed by atoms with Crippen molar-refractivity contribution in [2.75, 3.05) is 7.11 Å². The maximum Gasteiger partial charge on any atom is 0.471 e. The summed E-state index contributed by atoms with van der Waals surface area (Å²) >= 11 is 0. The number of alkyl halides is 3. The molecule has 0 aliphatic rings. The van der Waals surface area contributed by atoms with E-state index in [4.69, 9.17) is 0 Å². The van der Waals surface area contributed by atoms with E-state index in [9.17, 15) is 27.6 Å². The maximum absolute atomic E-state index is 12.6. The average Bonchev–Trinajstić information content (AvgIpc) is 2.64. The predicted molar refractivity (Wildman–Crippen MR) is 91.4 cm³/mol. The summed E-state index contributed by atoms with van der Waals surface area (Å²) in [6.07, 6.45) is -3.95. The molecule has 0 aliphatic heterocycles. The van der Waals surface area contributed by atoms with E-state index in [0.717, 1.165) is 7.11 Å².